The molecule has 1 aliphatic carbocycles. The fraction of sp³-hybridized carbons (Fsp3) is 0.818. The van der Waals surface area contributed by atoms with Crippen molar-refractivity contribution in [1.29, 1.82) is 0 Å². The van der Waals surface area contributed by atoms with Gasteiger partial charge in [0.15, 0.2) is 4.34 Å². The van der Waals surface area contributed by atoms with Crippen molar-refractivity contribution in [3.8, 4) is 0 Å². The molecule has 0 aromatic carbocycles. The summed E-state index contributed by atoms with van der Waals surface area (Å²) in [5, 5.41) is 7.98. The van der Waals surface area contributed by atoms with Gasteiger partial charge in [-0.3, -0.25) is 0 Å². The Bertz CT molecular complexity index is 292. The molecule has 0 spiro atoms. The lowest BCUT2D eigenvalue weighted by Gasteiger charge is -2.30. The monoisotopic (exact) mass is 274 g/mol. The van der Waals surface area contributed by atoms with Gasteiger partial charge < -0.3 is 0 Å². The number of aromatic nitrogens is 2. The van der Waals surface area contributed by atoms with Crippen LogP contribution in [0.25, 0.3) is 0 Å². The molecule has 5 heteroatoms. The van der Waals surface area contributed by atoms with Crippen molar-refractivity contribution < 1.29 is 0 Å². The second-order valence-corrected chi connectivity index (χ2v) is 6.94. The van der Waals surface area contributed by atoms with Crippen LogP contribution in [-0.2, 0) is 0 Å². The largest absolute Gasteiger partial charge is 0.179 e. The molecule has 0 unspecified atom stereocenters. The van der Waals surface area contributed by atoms with E-state index in [9.17, 15) is 0 Å². The molecule has 2 rings (SSSR count). The van der Waals surface area contributed by atoms with E-state index in [1.165, 1.54) is 38.5 Å². The highest BCUT2D eigenvalue weighted by Gasteiger charge is 2.29. The molecule has 0 amide bonds. The molecule has 0 saturated heterocycles. The van der Waals surface area contributed by atoms with Crippen molar-refractivity contribution >= 4 is 35.7 Å². The van der Waals surface area contributed by atoms with Crippen LogP contribution in [0.15, 0.2) is 9.85 Å². The fourth-order valence-electron chi connectivity index (χ4n) is 2.27. The number of hydrogen-bond acceptors (Lipinski definition) is 5. The van der Waals surface area contributed by atoms with Gasteiger partial charge in [0, 0.05) is 5.75 Å². The lowest BCUT2D eigenvalue weighted by molar-refractivity contribution is 0.332. The van der Waals surface area contributed by atoms with Gasteiger partial charge in [-0.2, -0.15) is 12.6 Å². The summed E-state index contributed by atoms with van der Waals surface area (Å²) >= 11 is 8.09. The van der Waals surface area contributed by atoms with E-state index in [1.54, 1.807) is 11.3 Å². The molecule has 0 atom stereocenters. The van der Waals surface area contributed by atoms with E-state index in [2.05, 4.69) is 22.8 Å². The van der Waals surface area contributed by atoms with Crippen molar-refractivity contribution in [2.75, 3.05) is 11.5 Å². The molecule has 1 saturated carbocycles. The van der Waals surface area contributed by atoms with Crippen molar-refractivity contribution in [2.45, 2.75) is 42.9 Å². The summed E-state index contributed by atoms with van der Waals surface area (Å²) in [6, 6.07) is 0. The molecule has 0 aliphatic heterocycles. The summed E-state index contributed by atoms with van der Waals surface area (Å²) < 4.78 is 1.10. The summed E-state index contributed by atoms with van der Waals surface area (Å²) in [6.07, 6.45) is 8.22. The highest BCUT2D eigenvalue weighted by Crippen LogP contribution is 2.40. The Morgan fingerprint density at radius 3 is 2.62 bits per heavy atom. The van der Waals surface area contributed by atoms with Gasteiger partial charge in [0.2, 0.25) is 0 Å². The zero-order valence-corrected chi connectivity index (χ0v) is 11.9. The van der Waals surface area contributed by atoms with Crippen molar-refractivity contribution in [2.24, 2.45) is 5.41 Å². The van der Waals surface area contributed by atoms with Crippen LogP contribution in [0.5, 0.6) is 0 Å². The molecule has 1 aromatic heterocycles. The van der Waals surface area contributed by atoms with Gasteiger partial charge in [-0.05, 0) is 24.0 Å². The van der Waals surface area contributed by atoms with Gasteiger partial charge in [-0.15, -0.1) is 10.2 Å². The second kappa shape index (κ2) is 6.26. The van der Waals surface area contributed by atoms with Gasteiger partial charge >= 0.3 is 0 Å². The van der Waals surface area contributed by atoms with Crippen LogP contribution >= 0.6 is 35.7 Å². The van der Waals surface area contributed by atoms with E-state index in [-0.39, 0.29) is 0 Å². The van der Waals surface area contributed by atoms with Crippen LogP contribution in [0.2, 0.25) is 0 Å². The number of nitrogens with zero attached hydrogens (tertiary/aromatic N) is 2. The molecule has 1 aliphatic rings. The molecular formula is C11H18N2S3. The maximum Gasteiger partial charge on any atom is 0.174 e. The van der Waals surface area contributed by atoms with Gasteiger partial charge in [0.05, 0.1) is 0 Å². The third kappa shape index (κ3) is 3.37. The first kappa shape index (κ1) is 12.7. The van der Waals surface area contributed by atoms with Crippen LogP contribution < -0.4 is 0 Å². The predicted molar refractivity (Wildman–Crippen MR) is 74.6 cm³/mol. The molecule has 0 N–H and O–H groups in total. The van der Waals surface area contributed by atoms with Crippen LogP contribution in [0, 0.1) is 5.41 Å². The van der Waals surface area contributed by atoms with Crippen LogP contribution in [0.1, 0.15) is 38.5 Å². The first-order chi connectivity index (χ1) is 7.85. The van der Waals surface area contributed by atoms with E-state index in [1.807, 2.05) is 17.3 Å². The zero-order valence-electron chi connectivity index (χ0n) is 9.39. The lowest BCUT2D eigenvalue weighted by Crippen LogP contribution is -2.25. The minimum absolute atomic E-state index is 0.440. The summed E-state index contributed by atoms with van der Waals surface area (Å²) in [6.45, 7) is 0. The van der Waals surface area contributed by atoms with E-state index in [0.29, 0.717) is 5.41 Å². The number of thiol groups is 1. The molecule has 1 fully saturated rings. The third-order valence-electron chi connectivity index (χ3n) is 3.34. The zero-order chi connectivity index (χ0) is 11.3. The molecule has 90 valence electrons. The number of thioether (sulfide) groups is 1. The molecule has 16 heavy (non-hydrogen) atoms. The van der Waals surface area contributed by atoms with E-state index >= 15 is 0 Å². The first-order valence-electron chi connectivity index (χ1n) is 5.84. The summed E-state index contributed by atoms with van der Waals surface area (Å²) in [5.41, 5.74) is 2.25. The Balaban J connectivity index is 1.92. The topological polar surface area (TPSA) is 25.8 Å². The quantitative estimate of drug-likeness (QED) is 0.512. The van der Waals surface area contributed by atoms with Crippen LogP contribution in [0.4, 0.5) is 0 Å². The maximum absolute atomic E-state index is 4.58. The minimum atomic E-state index is 0.440. The van der Waals surface area contributed by atoms with Gasteiger partial charge in [0.1, 0.15) is 5.51 Å². The highest BCUT2D eigenvalue weighted by molar-refractivity contribution is 8.01. The van der Waals surface area contributed by atoms with Gasteiger partial charge in [-0.1, -0.05) is 48.8 Å². The second-order valence-electron chi connectivity index (χ2n) is 4.57. The molecule has 0 radical (unpaired) electrons. The Labute approximate surface area is 111 Å². The lowest BCUT2D eigenvalue weighted by atomic mass is 9.84. The van der Waals surface area contributed by atoms with Crippen molar-refractivity contribution in [3.05, 3.63) is 5.51 Å². The first-order valence-corrected chi connectivity index (χ1v) is 8.34. The standard InChI is InChI=1S/C11H18N2S3/c14-7-11(5-3-1-2-4-6-11)8-15-10-13-12-9-16-10/h9,14H,1-8H2. The summed E-state index contributed by atoms with van der Waals surface area (Å²) in [5.74, 6) is 2.17. The molecule has 2 nitrogen and oxygen atoms in total. The van der Waals surface area contributed by atoms with E-state index in [0.717, 1.165) is 15.8 Å². The minimum Gasteiger partial charge on any atom is -0.179 e. The van der Waals surface area contributed by atoms with E-state index < -0.39 is 0 Å². The Kier molecular flexibility index (Phi) is 4.97. The molecule has 1 aromatic rings. The average molecular weight is 274 g/mol. The summed E-state index contributed by atoms with van der Waals surface area (Å²) in [7, 11) is 0. The molecule has 1 heterocycles. The SMILES string of the molecule is SCC1(CSc2nncs2)CCCCCC1. The third-order valence-corrected chi connectivity index (χ3v) is 6.22. The Hall–Kier alpha value is 0.260. The van der Waals surface area contributed by atoms with Crippen molar-refractivity contribution in [3.63, 3.8) is 0 Å². The normalized spacial score (nSPS) is 20.6. The molecular weight excluding hydrogens is 256 g/mol. The maximum atomic E-state index is 4.58. The number of hydrogen-bond donors (Lipinski definition) is 1. The Morgan fingerprint density at radius 2 is 2.06 bits per heavy atom. The highest BCUT2D eigenvalue weighted by atomic mass is 32.2. The average Bonchev–Trinajstić information content (AvgIpc) is 2.72. The predicted octanol–water partition coefficient (Wildman–Crippen LogP) is 3.90. The molecule has 0 bridgehead atoms. The van der Waals surface area contributed by atoms with Crippen molar-refractivity contribution in [1.82, 2.24) is 10.2 Å². The number of rotatable bonds is 4. The van der Waals surface area contributed by atoms with Gasteiger partial charge in [-0.25, -0.2) is 0 Å². The van der Waals surface area contributed by atoms with Crippen LogP contribution in [0.3, 0.4) is 0 Å². The van der Waals surface area contributed by atoms with E-state index in [4.69, 9.17) is 0 Å². The summed E-state index contributed by atoms with van der Waals surface area (Å²) in [4.78, 5) is 0. The fourth-order valence-corrected chi connectivity index (χ4v) is 4.63. The smallest absolute Gasteiger partial charge is 0.174 e. The van der Waals surface area contributed by atoms with Crippen LogP contribution in [-0.4, -0.2) is 21.7 Å². The Morgan fingerprint density at radius 1 is 1.31 bits per heavy atom. The van der Waals surface area contributed by atoms with Gasteiger partial charge in [0.25, 0.3) is 0 Å².